The van der Waals surface area contributed by atoms with E-state index in [0.717, 1.165) is 43.1 Å². The Bertz CT molecular complexity index is 2370. The fourth-order valence-electron chi connectivity index (χ4n) is 9.25. The lowest BCUT2D eigenvalue weighted by Crippen LogP contribution is -2.55. The number of benzene rings is 2. The smallest absolute Gasteiger partial charge is 0.412 e. The summed E-state index contributed by atoms with van der Waals surface area (Å²) in [5, 5.41) is 32.7. The van der Waals surface area contributed by atoms with Gasteiger partial charge in [0.1, 0.15) is 39.9 Å². The second-order valence-electron chi connectivity index (χ2n) is 16.4. The minimum absolute atomic E-state index is 0.00597. The van der Waals surface area contributed by atoms with E-state index in [9.17, 15) is 25.2 Å². The molecule has 4 saturated heterocycles. The van der Waals surface area contributed by atoms with E-state index in [1.165, 1.54) is 17.0 Å². The van der Waals surface area contributed by atoms with Crippen LogP contribution in [0.2, 0.25) is 5.02 Å². The standard InChI is InChI=1S/C40H41ClF2N8O5S/c1-19(16-50-21-5-6-22(50)12-20(11-21)14-44)55-37-46-33-26(35(47-37)49-17-23-7-8-24(18-49)51(23)39(53)54)13-28(41)31(32(33)43)25-9-10-29(42)34-30(25)27(15-45)36(57-34)48-38(52)56-40(2,3)4/h9-10,13,19-24H,5-8,11-12,16-18H2,1-4H3,(H,48,52)(H,53,54)/t19-,20?,21?,22?,23?,24?/m0/s1. The molecular formula is C40H41ClF2N8O5S. The third-order valence-corrected chi connectivity index (χ3v) is 12.9. The monoisotopic (exact) mass is 818 g/mol. The average molecular weight is 819 g/mol. The number of nitriles is 2. The number of carboxylic acid groups (broad SMARTS) is 1. The SMILES string of the molecule is C[C@@H](CN1C2CCC1CC(C#N)C2)Oc1nc(N2CC3CCC(C2)N3C(=O)O)c2cc(Cl)c(-c3ccc(F)c4sc(NC(=O)OC(C)(C)C)c(C#N)c34)c(F)c2n1. The van der Waals surface area contributed by atoms with E-state index in [1.54, 1.807) is 20.8 Å². The lowest BCUT2D eigenvalue weighted by molar-refractivity contribution is 0.0636. The molecule has 298 valence electrons. The number of amides is 2. The molecular weight excluding hydrogens is 778 g/mol. The summed E-state index contributed by atoms with van der Waals surface area (Å²) in [6, 6.07) is 8.40. The first kappa shape index (κ1) is 38.8. The second kappa shape index (κ2) is 14.7. The number of carbonyl (C=O) groups excluding carboxylic acids is 1. The van der Waals surface area contributed by atoms with Crippen molar-refractivity contribution in [1.82, 2.24) is 19.8 Å². The van der Waals surface area contributed by atoms with Crippen LogP contribution >= 0.6 is 22.9 Å². The van der Waals surface area contributed by atoms with Crippen LogP contribution in [-0.2, 0) is 4.74 Å². The topological polar surface area (TPSA) is 168 Å². The molecule has 4 fully saturated rings. The van der Waals surface area contributed by atoms with Crippen LogP contribution < -0.4 is 15.0 Å². The Morgan fingerprint density at radius 3 is 2.37 bits per heavy atom. The zero-order chi connectivity index (χ0) is 40.5. The van der Waals surface area contributed by atoms with Crippen LogP contribution in [0.3, 0.4) is 0 Å². The maximum atomic E-state index is 17.4. The molecule has 2 aromatic carbocycles. The molecule has 0 aliphatic carbocycles. The quantitative estimate of drug-likeness (QED) is 0.183. The maximum Gasteiger partial charge on any atom is 0.412 e. The van der Waals surface area contributed by atoms with Gasteiger partial charge in [-0.05, 0) is 83.9 Å². The van der Waals surface area contributed by atoms with Crippen LogP contribution in [0, 0.1) is 40.2 Å². The van der Waals surface area contributed by atoms with Crippen molar-refractivity contribution in [2.24, 2.45) is 5.92 Å². The normalized spacial score (nSPS) is 23.7. The van der Waals surface area contributed by atoms with E-state index in [1.807, 2.05) is 17.9 Å². The summed E-state index contributed by atoms with van der Waals surface area (Å²) in [4.78, 5) is 40.1. The number of fused-ring (bicyclic) bond motifs is 6. The Hall–Kier alpha value is -5.03. The third kappa shape index (κ3) is 7.13. The number of hydrogen-bond donors (Lipinski definition) is 2. The number of thiophene rings is 1. The van der Waals surface area contributed by atoms with E-state index in [4.69, 9.17) is 26.1 Å². The third-order valence-electron chi connectivity index (χ3n) is 11.5. The number of hydrogen-bond acceptors (Lipinski definition) is 11. The zero-order valence-electron chi connectivity index (χ0n) is 31.8. The van der Waals surface area contributed by atoms with Gasteiger partial charge in [0, 0.05) is 54.0 Å². The summed E-state index contributed by atoms with van der Waals surface area (Å²) in [7, 11) is 0. The van der Waals surface area contributed by atoms with E-state index in [-0.39, 0.29) is 83.8 Å². The summed E-state index contributed by atoms with van der Waals surface area (Å²) in [6.07, 6.45) is 2.75. The fraction of sp³-hybridized carbons (Fsp3) is 0.500. The summed E-state index contributed by atoms with van der Waals surface area (Å²) in [6.45, 7) is 8.13. The average Bonchev–Trinajstić information content (AvgIpc) is 3.72. The molecule has 6 heterocycles. The van der Waals surface area contributed by atoms with Gasteiger partial charge >= 0.3 is 18.2 Å². The second-order valence-corrected chi connectivity index (χ2v) is 17.8. The molecule has 4 aliphatic heterocycles. The highest BCUT2D eigenvalue weighted by molar-refractivity contribution is 7.23. The van der Waals surface area contributed by atoms with Gasteiger partial charge in [0.15, 0.2) is 5.82 Å². The number of anilines is 2. The minimum atomic E-state index is -0.987. The Balaban J connectivity index is 1.22. The van der Waals surface area contributed by atoms with Gasteiger partial charge in [0.05, 0.1) is 33.4 Å². The Morgan fingerprint density at radius 2 is 1.75 bits per heavy atom. The maximum absolute atomic E-state index is 17.4. The van der Waals surface area contributed by atoms with Gasteiger partial charge in [-0.1, -0.05) is 17.7 Å². The van der Waals surface area contributed by atoms with Gasteiger partial charge < -0.3 is 19.5 Å². The molecule has 17 heteroatoms. The molecule has 0 saturated carbocycles. The van der Waals surface area contributed by atoms with Crippen LogP contribution in [0.4, 0.5) is 29.2 Å². The van der Waals surface area contributed by atoms with Crippen molar-refractivity contribution in [3.8, 4) is 29.3 Å². The predicted molar refractivity (Wildman–Crippen MR) is 211 cm³/mol. The van der Waals surface area contributed by atoms with Crippen molar-refractivity contribution < 1.29 is 33.0 Å². The molecule has 57 heavy (non-hydrogen) atoms. The molecule has 4 unspecified atom stereocenters. The number of piperidine rings is 1. The molecule has 5 atom stereocenters. The number of aromatic nitrogens is 2. The van der Waals surface area contributed by atoms with Crippen molar-refractivity contribution >= 4 is 66.9 Å². The first-order valence-electron chi connectivity index (χ1n) is 19.1. The van der Waals surface area contributed by atoms with Gasteiger partial charge in [-0.2, -0.15) is 20.5 Å². The van der Waals surface area contributed by atoms with Gasteiger partial charge in [0.2, 0.25) is 0 Å². The Kier molecular flexibility index (Phi) is 10.0. The number of nitrogens with zero attached hydrogens (tertiary/aromatic N) is 7. The number of rotatable bonds is 7. The van der Waals surface area contributed by atoms with Crippen molar-refractivity contribution in [3.05, 3.63) is 40.4 Å². The van der Waals surface area contributed by atoms with Crippen molar-refractivity contribution in [2.45, 2.75) is 102 Å². The number of halogens is 3. The number of carbonyl (C=O) groups is 2. The molecule has 2 aromatic heterocycles. The summed E-state index contributed by atoms with van der Waals surface area (Å²) in [5.74, 6) is -1.16. The highest BCUT2D eigenvalue weighted by atomic mass is 35.5. The van der Waals surface area contributed by atoms with Crippen LogP contribution in [0.1, 0.15) is 71.8 Å². The Labute approximate surface area is 336 Å². The lowest BCUT2D eigenvalue weighted by Gasteiger charge is -2.40. The molecule has 2 amide bonds. The first-order chi connectivity index (χ1) is 27.1. The molecule has 4 bridgehead atoms. The van der Waals surface area contributed by atoms with Crippen molar-refractivity contribution in [1.29, 1.82) is 10.5 Å². The number of piperazine rings is 1. The molecule has 8 rings (SSSR count). The molecule has 4 aliphatic rings. The van der Waals surface area contributed by atoms with Crippen molar-refractivity contribution in [2.75, 3.05) is 29.9 Å². The van der Waals surface area contributed by atoms with E-state index < -0.39 is 35.5 Å². The molecule has 0 spiro atoms. The molecule has 4 aromatic rings. The van der Waals surface area contributed by atoms with Crippen LogP contribution in [0.15, 0.2) is 18.2 Å². The van der Waals surface area contributed by atoms with Crippen molar-refractivity contribution in [3.63, 3.8) is 0 Å². The first-order valence-corrected chi connectivity index (χ1v) is 20.3. The number of nitrogens with one attached hydrogen (secondary N) is 1. The van der Waals surface area contributed by atoms with E-state index in [0.29, 0.717) is 38.3 Å². The van der Waals surface area contributed by atoms with E-state index in [2.05, 4.69) is 21.3 Å². The van der Waals surface area contributed by atoms with Gasteiger partial charge in [-0.25, -0.2) is 18.4 Å². The fourth-order valence-corrected chi connectivity index (χ4v) is 10.6. The summed E-state index contributed by atoms with van der Waals surface area (Å²) < 4.78 is 44.6. The number of ether oxygens (including phenoxy) is 2. The molecule has 13 nitrogen and oxygen atoms in total. The highest BCUT2D eigenvalue weighted by Gasteiger charge is 2.44. The van der Waals surface area contributed by atoms with Crippen LogP contribution in [0.5, 0.6) is 6.01 Å². The van der Waals surface area contributed by atoms with E-state index >= 15 is 8.78 Å². The molecule has 0 radical (unpaired) electrons. The lowest BCUT2D eigenvalue weighted by atomic mass is 9.92. The highest BCUT2D eigenvalue weighted by Crippen LogP contribution is 2.47. The van der Waals surface area contributed by atoms with Gasteiger partial charge in [0.25, 0.3) is 0 Å². The predicted octanol–water partition coefficient (Wildman–Crippen LogP) is 8.53. The molecule has 2 N–H and O–H groups in total. The van der Waals surface area contributed by atoms with Gasteiger partial charge in [-0.15, -0.1) is 11.3 Å². The van der Waals surface area contributed by atoms with Crippen LogP contribution in [0.25, 0.3) is 32.1 Å². The zero-order valence-corrected chi connectivity index (χ0v) is 33.4. The minimum Gasteiger partial charge on any atom is -0.465 e. The van der Waals surface area contributed by atoms with Crippen LogP contribution in [-0.4, -0.2) is 92.6 Å². The Morgan fingerprint density at radius 1 is 1.09 bits per heavy atom. The largest absolute Gasteiger partial charge is 0.465 e. The van der Waals surface area contributed by atoms with Gasteiger partial charge in [-0.3, -0.25) is 15.1 Å². The summed E-state index contributed by atoms with van der Waals surface area (Å²) in [5.41, 5.74) is -1.08. The summed E-state index contributed by atoms with van der Waals surface area (Å²) >= 11 is 7.77.